The third kappa shape index (κ3) is 7.29. The Bertz CT molecular complexity index is 287. The molecular formula is C8H17NO5S. The molecule has 90 valence electrons. The quantitative estimate of drug-likeness (QED) is 0.528. The molecule has 2 N–H and O–H groups in total. The highest BCUT2D eigenvalue weighted by Crippen LogP contribution is 1.96. The van der Waals surface area contributed by atoms with Crippen LogP contribution in [0.1, 0.15) is 6.92 Å². The molecule has 0 spiro atoms. The van der Waals surface area contributed by atoms with Crippen molar-refractivity contribution in [1.29, 1.82) is 0 Å². The summed E-state index contributed by atoms with van der Waals surface area (Å²) in [6.07, 6.45) is -1.00. The largest absolute Gasteiger partial charge is 0.468 e. The van der Waals surface area contributed by atoms with Crippen molar-refractivity contribution in [3.8, 4) is 0 Å². The van der Waals surface area contributed by atoms with Gasteiger partial charge in [0.1, 0.15) is 5.75 Å². The van der Waals surface area contributed by atoms with Gasteiger partial charge in [0.15, 0.2) is 9.84 Å². The highest BCUT2D eigenvalue weighted by atomic mass is 32.2. The fourth-order valence-electron chi connectivity index (χ4n) is 0.960. The van der Waals surface area contributed by atoms with Crippen LogP contribution in [-0.4, -0.2) is 57.3 Å². The summed E-state index contributed by atoms with van der Waals surface area (Å²) < 4.78 is 26.8. The second-order valence-corrected chi connectivity index (χ2v) is 5.20. The lowest BCUT2D eigenvalue weighted by atomic mass is 10.4. The Morgan fingerprint density at radius 2 is 2.13 bits per heavy atom. The molecule has 0 aliphatic heterocycles. The predicted molar refractivity (Wildman–Crippen MR) is 55.2 cm³/mol. The van der Waals surface area contributed by atoms with Crippen LogP contribution in [0.4, 0.5) is 0 Å². The van der Waals surface area contributed by atoms with Crippen molar-refractivity contribution in [3.05, 3.63) is 0 Å². The molecule has 0 aromatic rings. The Morgan fingerprint density at radius 1 is 1.53 bits per heavy atom. The minimum absolute atomic E-state index is 0.191. The van der Waals surface area contributed by atoms with E-state index in [-0.39, 0.29) is 6.54 Å². The van der Waals surface area contributed by atoms with Crippen LogP contribution in [0.3, 0.4) is 0 Å². The van der Waals surface area contributed by atoms with E-state index in [0.717, 1.165) is 7.11 Å². The summed E-state index contributed by atoms with van der Waals surface area (Å²) >= 11 is 0. The van der Waals surface area contributed by atoms with Crippen molar-refractivity contribution in [3.63, 3.8) is 0 Å². The highest BCUT2D eigenvalue weighted by molar-refractivity contribution is 7.92. The van der Waals surface area contributed by atoms with E-state index in [1.807, 2.05) is 6.92 Å². The first-order valence-corrected chi connectivity index (χ1v) is 6.39. The van der Waals surface area contributed by atoms with E-state index in [9.17, 15) is 18.3 Å². The van der Waals surface area contributed by atoms with Gasteiger partial charge in [0, 0.05) is 6.54 Å². The van der Waals surface area contributed by atoms with Gasteiger partial charge in [-0.2, -0.15) is 0 Å². The molecule has 0 rings (SSSR count). The van der Waals surface area contributed by atoms with Gasteiger partial charge >= 0.3 is 5.97 Å². The second-order valence-electron chi connectivity index (χ2n) is 3.09. The fourth-order valence-corrected chi connectivity index (χ4v) is 2.26. The number of rotatable bonds is 7. The lowest BCUT2D eigenvalue weighted by Crippen LogP contribution is -2.34. The molecule has 0 radical (unpaired) electrons. The Labute approximate surface area is 89.5 Å². The summed E-state index contributed by atoms with van der Waals surface area (Å²) in [6.45, 7) is 2.68. The summed E-state index contributed by atoms with van der Waals surface area (Å²) in [5.41, 5.74) is 0. The summed E-state index contributed by atoms with van der Waals surface area (Å²) in [4.78, 5) is 10.7. The maximum atomic E-state index is 11.3. The zero-order valence-corrected chi connectivity index (χ0v) is 9.71. The zero-order chi connectivity index (χ0) is 11.9. The summed E-state index contributed by atoms with van der Waals surface area (Å²) in [5.74, 6) is -1.94. The molecule has 0 aromatic heterocycles. The first-order chi connectivity index (χ1) is 6.91. The molecular weight excluding hydrogens is 222 g/mol. The third-order valence-electron chi connectivity index (χ3n) is 1.64. The van der Waals surface area contributed by atoms with Gasteiger partial charge in [0.2, 0.25) is 0 Å². The van der Waals surface area contributed by atoms with E-state index in [2.05, 4.69) is 10.1 Å². The smallest absolute Gasteiger partial charge is 0.320 e. The Hall–Kier alpha value is -0.660. The number of likely N-dealkylation sites (N-methyl/N-ethyl adjacent to an activating group) is 1. The minimum atomic E-state index is -3.59. The number of esters is 1. The fraction of sp³-hybridized carbons (Fsp3) is 0.875. The van der Waals surface area contributed by atoms with Crippen molar-refractivity contribution < 1.29 is 23.1 Å². The van der Waals surface area contributed by atoms with Crippen LogP contribution in [0.25, 0.3) is 0 Å². The van der Waals surface area contributed by atoms with E-state index < -0.39 is 33.4 Å². The minimum Gasteiger partial charge on any atom is -0.468 e. The average Bonchev–Trinajstić information content (AvgIpc) is 2.12. The molecule has 1 unspecified atom stereocenters. The van der Waals surface area contributed by atoms with E-state index >= 15 is 0 Å². The number of sulfone groups is 1. The van der Waals surface area contributed by atoms with E-state index in [1.165, 1.54) is 0 Å². The zero-order valence-electron chi connectivity index (χ0n) is 8.89. The van der Waals surface area contributed by atoms with Crippen LogP contribution in [0.15, 0.2) is 0 Å². The molecule has 0 saturated heterocycles. The molecule has 0 saturated carbocycles. The second kappa shape index (κ2) is 6.76. The molecule has 0 aliphatic rings. The Balaban J connectivity index is 4.08. The van der Waals surface area contributed by atoms with E-state index in [0.29, 0.717) is 6.54 Å². The normalized spacial score (nSPS) is 13.5. The summed E-state index contributed by atoms with van der Waals surface area (Å²) in [7, 11) is -2.47. The number of aliphatic hydroxyl groups excluding tert-OH is 1. The van der Waals surface area contributed by atoms with Crippen molar-refractivity contribution in [2.45, 2.75) is 13.0 Å². The maximum absolute atomic E-state index is 11.3. The molecule has 0 aromatic carbocycles. The number of hydrogen-bond acceptors (Lipinski definition) is 6. The number of aliphatic hydroxyl groups is 1. The van der Waals surface area contributed by atoms with Crippen molar-refractivity contribution in [1.82, 2.24) is 5.32 Å². The van der Waals surface area contributed by atoms with Gasteiger partial charge in [-0.05, 0) is 6.54 Å². The first-order valence-electron chi connectivity index (χ1n) is 4.57. The molecule has 6 nitrogen and oxygen atoms in total. The van der Waals surface area contributed by atoms with Crippen molar-refractivity contribution in [2.24, 2.45) is 0 Å². The molecule has 0 amide bonds. The standard InChI is InChI=1S/C8H17NO5S/c1-3-9-4-7(10)5-15(12,13)6-8(11)14-2/h7,9-10H,3-6H2,1-2H3. The molecule has 0 fully saturated rings. The van der Waals surface area contributed by atoms with Crippen LogP contribution in [-0.2, 0) is 19.4 Å². The third-order valence-corrected chi connectivity index (χ3v) is 3.21. The summed E-state index contributed by atoms with van der Waals surface area (Å²) in [5, 5.41) is 12.1. The number of methoxy groups -OCH3 is 1. The first kappa shape index (κ1) is 14.3. The van der Waals surface area contributed by atoms with Gasteiger partial charge in [0.05, 0.1) is 19.0 Å². The van der Waals surface area contributed by atoms with Crippen LogP contribution in [0.2, 0.25) is 0 Å². The van der Waals surface area contributed by atoms with Crippen molar-refractivity contribution in [2.75, 3.05) is 31.7 Å². The van der Waals surface area contributed by atoms with Gasteiger partial charge in [-0.15, -0.1) is 0 Å². The number of nitrogens with one attached hydrogen (secondary N) is 1. The van der Waals surface area contributed by atoms with Gasteiger partial charge < -0.3 is 15.2 Å². The monoisotopic (exact) mass is 239 g/mol. The topological polar surface area (TPSA) is 92.7 Å². The highest BCUT2D eigenvalue weighted by Gasteiger charge is 2.21. The molecule has 1 atom stereocenters. The van der Waals surface area contributed by atoms with E-state index in [4.69, 9.17) is 0 Å². The molecule has 7 heteroatoms. The average molecular weight is 239 g/mol. The van der Waals surface area contributed by atoms with Gasteiger partial charge in [-0.1, -0.05) is 6.92 Å². The number of carbonyl (C=O) groups excluding carboxylic acids is 1. The van der Waals surface area contributed by atoms with Gasteiger partial charge in [-0.25, -0.2) is 8.42 Å². The SMILES string of the molecule is CCNCC(O)CS(=O)(=O)CC(=O)OC. The lowest BCUT2D eigenvalue weighted by Gasteiger charge is -2.10. The Kier molecular flexibility index (Phi) is 6.46. The molecule has 0 bridgehead atoms. The molecule has 0 aliphatic carbocycles. The number of ether oxygens (including phenoxy) is 1. The summed E-state index contributed by atoms with van der Waals surface area (Å²) in [6, 6.07) is 0. The molecule has 0 heterocycles. The van der Waals surface area contributed by atoms with Crippen molar-refractivity contribution >= 4 is 15.8 Å². The number of carbonyl (C=O) groups is 1. The van der Waals surface area contributed by atoms with Crippen LogP contribution >= 0.6 is 0 Å². The number of hydrogen-bond donors (Lipinski definition) is 2. The lowest BCUT2D eigenvalue weighted by molar-refractivity contribution is -0.137. The molecule has 15 heavy (non-hydrogen) atoms. The predicted octanol–water partition coefficient (Wildman–Crippen LogP) is -1.46. The van der Waals surface area contributed by atoms with Gasteiger partial charge in [-0.3, -0.25) is 4.79 Å². The van der Waals surface area contributed by atoms with Crippen LogP contribution in [0.5, 0.6) is 0 Å². The van der Waals surface area contributed by atoms with Crippen LogP contribution < -0.4 is 5.32 Å². The maximum Gasteiger partial charge on any atom is 0.320 e. The van der Waals surface area contributed by atoms with Gasteiger partial charge in [0.25, 0.3) is 0 Å². The van der Waals surface area contributed by atoms with E-state index in [1.54, 1.807) is 0 Å². The Morgan fingerprint density at radius 3 is 2.60 bits per heavy atom. The van der Waals surface area contributed by atoms with Crippen LogP contribution in [0, 0.1) is 0 Å².